The predicted molar refractivity (Wildman–Crippen MR) is 102 cm³/mol. The van der Waals surface area contributed by atoms with Crippen LogP contribution in [0.3, 0.4) is 0 Å². The van der Waals surface area contributed by atoms with E-state index in [1.54, 1.807) is 0 Å². The highest BCUT2D eigenvalue weighted by molar-refractivity contribution is 6.32. The number of halogens is 1. The Balaban J connectivity index is 1.97. The van der Waals surface area contributed by atoms with Gasteiger partial charge in [0.05, 0.1) is 30.3 Å². The van der Waals surface area contributed by atoms with Crippen LogP contribution in [0.25, 0.3) is 0 Å². The van der Waals surface area contributed by atoms with Crippen molar-refractivity contribution in [3.05, 3.63) is 58.6 Å². The molecule has 0 radical (unpaired) electrons. The summed E-state index contributed by atoms with van der Waals surface area (Å²) in [5.41, 5.74) is 1.13. The predicted octanol–water partition coefficient (Wildman–Crippen LogP) is 3.78. The van der Waals surface area contributed by atoms with Gasteiger partial charge in [-0.25, -0.2) is 4.79 Å². The number of amides is 1. The summed E-state index contributed by atoms with van der Waals surface area (Å²) in [7, 11) is 1.45. The Morgan fingerprint density at radius 1 is 1.19 bits per heavy atom. The summed E-state index contributed by atoms with van der Waals surface area (Å²) >= 11 is 6.14. The molecule has 0 saturated carbocycles. The minimum absolute atomic E-state index is 0.171. The van der Waals surface area contributed by atoms with Crippen LogP contribution in [0.15, 0.2) is 42.5 Å². The van der Waals surface area contributed by atoms with E-state index in [0.29, 0.717) is 18.1 Å². The third kappa shape index (κ3) is 5.62. The van der Waals surface area contributed by atoms with E-state index in [2.05, 4.69) is 5.32 Å². The molecule has 0 aliphatic carbocycles. The van der Waals surface area contributed by atoms with Crippen LogP contribution in [0.2, 0.25) is 5.02 Å². The first-order valence-corrected chi connectivity index (χ1v) is 8.85. The quantitative estimate of drug-likeness (QED) is 0.693. The smallest absolute Gasteiger partial charge is 0.338 e. The molecule has 6 nitrogen and oxygen atoms in total. The second-order valence-corrected chi connectivity index (χ2v) is 6.11. The zero-order chi connectivity index (χ0) is 19.8. The van der Waals surface area contributed by atoms with Crippen molar-refractivity contribution in [1.29, 1.82) is 0 Å². The van der Waals surface area contributed by atoms with E-state index >= 15 is 0 Å². The lowest BCUT2D eigenvalue weighted by atomic mass is 10.1. The maximum absolute atomic E-state index is 12.2. The fourth-order valence-electron chi connectivity index (χ4n) is 2.44. The van der Waals surface area contributed by atoms with Crippen molar-refractivity contribution < 1.29 is 23.8 Å². The van der Waals surface area contributed by atoms with E-state index < -0.39 is 18.5 Å². The summed E-state index contributed by atoms with van der Waals surface area (Å²) in [5, 5.41) is 3.00. The molecule has 2 aromatic carbocycles. The number of carbonyl (C=O) groups excluding carboxylic acids is 2. The van der Waals surface area contributed by atoms with E-state index in [0.717, 1.165) is 5.56 Å². The Bertz CT molecular complexity index is 794. The summed E-state index contributed by atoms with van der Waals surface area (Å²) in [4.78, 5) is 24.3. The fraction of sp³-hybridized carbons (Fsp3) is 0.300. The molecule has 1 amide bonds. The van der Waals surface area contributed by atoms with Crippen molar-refractivity contribution in [2.75, 3.05) is 20.3 Å². The molecule has 1 atom stereocenters. The number of ether oxygens (including phenoxy) is 3. The minimum atomic E-state index is -0.680. The minimum Gasteiger partial charge on any atom is -0.493 e. The monoisotopic (exact) mass is 391 g/mol. The van der Waals surface area contributed by atoms with Crippen LogP contribution < -0.4 is 14.8 Å². The average Bonchev–Trinajstić information content (AvgIpc) is 2.68. The van der Waals surface area contributed by atoms with Crippen molar-refractivity contribution in [1.82, 2.24) is 5.32 Å². The van der Waals surface area contributed by atoms with Crippen LogP contribution in [0.1, 0.15) is 35.8 Å². The lowest BCUT2D eigenvalue weighted by Crippen LogP contribution is -2.31. The zero-order valence-corrected chi connectivity index (χ0v) is 16.2. The number of nitrogens with one attached hydrogen (secondary N) is 1. The summed E-state index contributed by atoms with van der Waals surface area (Å²) in [6, 6.07) is 12.2. The van der Waals surface area contributed by atoms with Crippen LogP contribution in [-0.2, 0) is 9.53 Å². The molecular formula is C20H22ClNO5. The van der Waals surface area contributed by atoms with Crippen molar-refractivity contribution in [2.24, 2.45) is 0 Å². The molecule has 0 saturated heterocycles. The molecule has 0 aromatic heterocycles. The molecule has 0 fully saturated rings. The van der Waals surface area contributed by atoms with Gasteiger partial charge in [-0.3, -0.25) is 4.79 Å². The highest BCUT2D eigenvalue weighted by Crippen LogP contribution is 2.36. The van der Waals surface area contributed by atoms with Crippen molar-refractivity contribution in [3.63, 3.8) is 0 Å². The maximum atomic E-state index is 12.2. The van der Waals surface area contributed by atoms with Crippen LogP contribution in [0, 0.1) is 0 Å². The van der Waals surface area contributed by atoms with Crippen LogP contribution in [0.5, 0.6) is 11.5 Å². The number of benzene rings is 2. The van der Waals surface area contributed by atoms with E-state index in [1.807, 2.05) is 44.2 Å². The van der Waals surface area contributed by atoms with Gasteiger partial charge >= 0.3 is 5.97 Å². The molecule has 0 unspecified atom stereocenters. The van der Waals surface area contributed by atoms with E-state index in [9.17, 15) is 9.59 Å². The first kappa shape index (κ1) is 20.6. The Labute approximate surface area is 163 Å². The van der Waals surface area contributed by atoms with Crippen molar-refractivity contribution in [3.8, 4) is 11.5 Å². The Hall–Kier alpha value is -2.73. The molecular weight excluding hydrogens is 370 g/mol. The van der Waals surface area contributed by atoms with Crippen molar-refractivity contribution >= 4 is 23.5 Å². The summed E-state index contributed by atoms with van der Waals surface area (Å²) < 4.78 is 15.7. The molecule has 0 aliphatic rings. The topological polar surface area (TPSA) is 73.9 Å². The van der Waals surface area contributed by atoms with E-state index in [-0.39, 0.29) is 16.6 Å². The van der Waals surface area contributed by atoms with Gasteiger partial charge in [0, 0.05) is 0 Å². The molecule has 2 rings (SSSR count). The Morgan fingerprint density at radius 2 is 1.89 bits per heavy atom. The number of carbonyl (C=O) groups is 2. The fourth-order valence-corrected chi connectivity index (χ4v) is 2.71. The molecule has 0 aliphatic heterocycles. The van der Waals surface area contributed by atoms with Gasteiger partial charge in [0.1, 0.15) is 0 Å². The van der Waals surface area contributed by atoms with Crippen LogP contribution >= 0.6 is 11.6 Å². The SMILES string of the molecule is CCOc1c(Cl)cc(C(=O)OCC(=O)N[C@H](C)c2ccccc2)cc1OC. The molecule has 0 bridgehead atoms. The van der Waals surface area contributed by atoms with E-state index in [4.69, 9.17) is 25.8 Å². The highest BCUT2D eigenvalue weighted by atomic mass is 35.5. The third-order valence-electron chi connectivity index (χ3n) is 3.77. The molecule has 2 aromatic rings. The molecule has 0 heterocycles. The first-order chi connectivity index (χ1) is 13.0. The normalized spacial score (nSPS) is 11.4. The standard InChI is InChI=1S/C20H22ClNO5/c1-4-26-19-16(21)10-15(11-17(19)25-3)20(24)27-12-18(23)22-13(2)14-8-6-5-7-9-14/h5-11,13H,4,12H2,1-3H3,(H,22,23)/t13-/m1/s1. The van der Waals surface area contributed by atoms with Gasteiger partial charge < -0.3 is 19.5 Å². The third-order valence-corrected chi connectivity index (χ3v) is 4.05. The Kier molecular flexibility index (Phi) is 7.49. The summed E-state index contributed by atoms with van der Waals surface area (Å²) in [5.74, 6) is -0.407. The van der Waals surface area contributed by atoms with Gasteiger partial charge in [-0.1, -0.05) is 41.9 Å². The number of methoxy groups -OCH3 is 1. The van der Waals surface area contributed by atoms with Gasteiger partial charge in [0.15, 0.2) is 18.1 Å². The lowest BCUT2D eigenvalue weighted by molar-refractivity contribution is -0.124. The van der Waals surface area contributed by atoms with Crippen LogP contribution in [0.4, 0.5) is 0 Å². The molecule has 0 spiro atoms. The van der Waals surface area contributed by atoms with Gasteiger partial charge in [-0.05, 0) is 31.5 Å². The molecule has 1 N–H and O–H groups in total. The number of esters is 1. The average molecular weight is 392 g/mol. The van der Waals surface area contributed by atoms with Crippen LogP contribution in [-0.4, -0.2) is 32.2 Å². The number of rotatable bonds is 8. The molecule has 27 heavy (non-hydrogen) atoms. The summed E-state index contributed by atoms with van der Waals surface area (Å²) in [6.45, 7) is 3.67. The number of hydrogen-bond donors (Lipinski definition) is 1. The van der Waals surface area contributed by atoms with Gasteiger partial charge in [0.25, 0.3) is 5.91 Å². The molecule has 7 heteroatoms. The van der Waals surface area contributed by atoms with E-state index in [1.165, 1.54) is 19.2 Å². The summed E-state index contributed by atoms with van der Waals surface area (Å²) in [6.07, 6.45) is 0. The largest absolute Gasteiger partial charge is 0.493 e. The van der Waals surface area contributed by atoms with Gasteiger partial charge in [-0.15, -0.1) is 0 Å². The van der Waals surface area contributed by atoms with Crippen molar-refractivity contribution in [2.45, 2.75) is 19.9 Å². The first-order valence-electron chi connectivity index (χ1n) is 8.48. The highest BCUT2D eigenvalue weighted by Gasteiger charge is 2.18. The van der Waals surface area contributed by atoms with Gasteiger partial charge in [0.2, 0.25) is 0 Å². The zero-order valence-electron chi connectivity index (χ0n) is 15.5. The van der Waals surface area contributed by atoms with Gasteiger partial charge in [-0.2, -0.15) is 0 Å². The lowest BCUT2D eigenvalue weighted by Gasteiger charge is -2.15. The Morgan fingerprint density at radius 3 is 2.52 bits per heavy atom. The second-order valence-electron chi connectivity index (χ2n) is 5.70. The number of hydrogen-bond acceptors (Lipinski definition) is 5. The molecule has 144 valence electrons. The second kappa shape index (κ2) is 9.83. The maximum Gasteiger partial charge on any atom is 0.338 e.